The fourth-order valence-corrected chi connectivity index (χ4v) is 3.21. The first-order valence-electron chi connectivity index (χ1n) is 7.91. The molecule has 122 valence electrons. The highest BCUT2D eigenvalue weighted by Crippen LogP contribution is 2.34. The molecule has 0 unspecified atom stereocenters. The van der Waals surface area contributed by atoms with E-state index < -0.39 is 6.10 Å². The molecule has 0 fully saturated rings. The van der Waals surface area contributed by atoms with Crippen molar-refractivity contribution >= 4 is 0 Å². The zero-order chi connectivity index (χ0) is 16.5. The van der Waals surface area contributed by atoms with E-state index in [1.807, 2.05) is 37.4 Å². The van der Waals surface area contributed by atoms with Gasteiger partial charge < -0.3 is 9.63 Å². The quantitative estimate of drug-likeness (QED) is 0.794. The van der Waals surface area contributed by atoms with Crippen molar-refractivity contribution in [3.63, 3.8) is 0 Å². The van der Waals surface area contributed by atoms with E-state index in [1.54, 1.807) is 12.4 Å². The van der Waals surface area contributed by atoms with E-state index in [9.17, 15) is 5.11 Å². The van der Waals surface area contributed by atoms with E-state index in [4.69, 9.17) is 4.52 Å². The van der Waals surface area contributed by atoms with Crippen LogP contribution in [-0.4, -0.2) is 38.2 Å². The van der Waals surface area contributed by atoms with Crippen molar-refractivity contribution in [1.82, 2.24) is 20.0 Å². The molecular weight excluding hydrogens is 304 g/mol. The number of fused-ring (bicyclic) bond motifs is 1. The van der Waals surface area contributed by atoms with Gasteiger partial charge in [0.05, 0.1) is 12.6 Å². The van der Waals surface area contributed by atoms with Gasteiger partial charge in [-0.3, -0.25) is 9.88 Å². The van der Waals surface area contributed by atoms with Crippen LogP contribution in [-0.2, 0) is 13.0 Å². The van der Waals surface area contributed by atoms with Crippen molar-refractivity contribution in [2.75, 3.05) is 7.05 Å². The van der Waals surface area contributed by atoms with Crippen LogP contribution in [0.25, 0.3) is 11.4 Å². The Morgan fingerprint density at radius 3 is 2.92 bits per heavy atom. The van der Waals surface area contributed by atoms with Gasteiger partial charge in [-0.1, -0.05) is 29.4 Å². The molecule has 0 aliphatic heterocycles. The predicted octanol–water partition coefficient (Wildman–Crippen LogP) is 2.22. The molecule has 1 N–H and O–H groups in total. The Bertz CT molecular complexity index is 834. The lowest BCUT2D eigenvalue weighted by Crippen LogP contribution is -2.34. The van der Waals surface area contributed by atoms with Crippen molar-refractivity contribution in [3.05, 3.63) is 65.8 Å². The van der Waals surface area contributed by atoms with Crippen LogP contribution in [0.15, 0.2) is 53.3 Å². The summed E-state index contributed by atoms with van der Waals surface area (Å²) in [6.45, 7) is 0.489. The molecule has 0 amide bonds. The van der Waals surface area contributed by atoms with E-state index in [2.05, 4.69) is 26.1 Å². The molecule has 3 aromatic rings. The largest absolute Gasteiger partial charge is 0.387 e. The first-order valence-corrected chi connectivity index (χ1v) is 7.91. The molecule has 0 spiro atoms. The molecule has 6 heteroatoms. The molecule has 0 saturated carbocycles. The van der Waals surface area contributed by atoms with Crippen molar-refractivity contribution in [2.24, 2.45) is 0 Å². The summed E-state index contributed by atoms with van der Waals surface area (Å²) in [5.41, 5.74) is 3.03. The highest BCUT2D eigenvalue weighted by atomic mass is 16.5. The summed E-state index contributed by atoms with van der Waals surface area (Å²) in [5, 5.41) is 14.6. The predicted molar refractivity (Wildman–Crippen MR) is 87.9 cm³/mol. The number of nitrogens with zero attached hydrogens (tertiary/aromatic N) is 4. The van der Waals surface area contributed by atoms with Crippen LogP contribution in [0.5, 0.6) is 0 Å². The number of hydrogen-bond acceptors (Lipinski definition) is 6. The maximum Gasteiger partial charge on any atom is 0.241 e. The van der Waals surface area contributed by atoms with E-state index in [0.717, 1.165) is 17.5 Å². The molecule has 1 aliphatic carbocycles. The number of pyridine rings is 1. The van der Waals surface area contributed by atoms with E-state index in [-0.39, 0.29) is 6.04 Å². The second-order valence-electron chi connectivity index (χ2n) is 6.08. The zero-order valence-corrected chi connectivity index (χ0v) is 13.3. The summed E-state index contributed by atoms with van der Waals surface area (Å²) >= 11 is 0. The maximum absolute atomic E-state index is 10.6. The lowest BCUT2D eigenvalue weighted by atomic mass is 10.1. The van der Waals surface area contributed by atoms with Gasteiger partial charge in [0.25, 0.3) is 0 Å². The summed E-state index contributed by atoms with van der Waals surface area (Å²) in [7, 11) is 1.97. The molecule has 2 heterocycles. The smallest absolute Gasteiger partial charge is 0.241 e. The fourth-order valence-electron chi connectivity index (χ4n) is 3.21. The van der Waals surface area contributed by atoms with Crippen molar-refractivity contribution < 1.29 is 9.63 Å². The number of benzene rings is 1. The highest BCUT2D eigenvalue weighted by Gasteiger charge is 2.33. The molecule has 6 nitrogen and oxygen atoms in total. The van der Waals surface area contributed by atoms with Crippen molar-refractivity contribution in [2.45, 2.75) is 25.1 Å². The third kappa shape index (κ3) is 2.70. The summed E-state index contributed by atoms with van der Waals surface area (Å²) in [6.07, 6.45) is 3.73. The number of aliphatic hydroxyl groups is 1. The second-order valence-corrected chi connectivity index (χ2v) is 6.08. The van der Waals surface area contributed by atoms with Gasteiger partial charge in [-0.05, 0) is 36.7 Å². The van der Waals surface area contributed by atoms with Crippen LogP contribution >= 0.6 is 0 Å². The van der Waals surface area contributed by atoms with Crippen LogP contribution in [0.4, 0.5) is 0 Å². The van der Waals surface area contributed by atoms with Crippen LogP contribution in [0.2, 0.25) is 0 Å². The summed E-state index contributed by atoms with van der Waals surface area (Å²) in [4.78, 5) is 10.5. The van der Waals surface area contributed by atoms with E-state index in [1.165, 1.54) is 5.56 Å². The summed E-state index contributed by atoms with van der Waals surface area (Å²) in [5.74, 6) is 1.06. The molecule has 0 radical (unpaired) electrons. The average molecular weight is 322 g/mol. The molecule has 0 bridgehead atoms. The average Bonchev–Trinajstić information content (AvgIpc) is 3.21. The van der Waals surface area contributed by atoms with Gasteiger partial charge in [-0.25, -0.2) is 0 Å². The van der Waals surface area contributed by atoms with Crippen molar-refractivity contribution in [1.29, 1.82) is 0 Å². The van der Waals surface area contributed by atoms with Gasteiger partial charge >= 0.3 is 0 Å². The lowest BCUT2D eigenvalue weighted by molar-refractivity contribution is 0.0664. The molecule has 4 rings (SSSR count). The molecule has 1 aliphatic rings. The number of aliphatic hydroxyl groups excluding tert-OH is 1. The number of hydrogen-bond donors (Lipinski definition) is 1. The second kappa shape index (κ2) is 6.14. The van der Waals surface area contributed by atoms with E-state index in [0.29, 0.717) is 18.3 Å². The first-order chi connectivity index (χ1) is 11.7. The molecular formula is C18H18N4O2. The molecule has 24 heavy (non-hydrogen) atoms. The van der Waals surface area contributed by atoms with Gasteiger partial charge in [0.15, 0.2) is 0 Å². The number of likely N-dealkylation sites (N-methyl/N-ethyl adjacent to an activating group) is 1. The standard InChI is InChI=1S/C18H18N4O2/c1-22(15-9-12-5-2-3-7-14(12)17(15)23)11-16-20-18(21-24-16)13-6-4-8-19-10-13/h2-8,10,15,17,23H,9,11H2,1H3/t15-,17-/m0/s1. The number of rotatable bonds is 4. The van der Waals surface area contributed by atoms with Gasteiger partial charge in [0.2, 0.25) is 11.7 Å². The summed E-state index contributed by atoms with van der Waals surface area (Å²) in [6, 6.07) is 11.8. The van der Waals surface area contributed by atoms with Gasteiger partial charge in [-0.2, -0.15) is 4.98 Å². The fraction of sp³-hybridized carbons (Fsp3) is 0.278. The third-order valence-electron chi connectivity index (χ3n) is 4.51. The maximum atomic E-state index is 10.6. The lowest BCUT2D eigenvalue weighted by Gasteiger charge is -2.25. The first kappa shape index (κ1) is 15.0. The van der Waals surface area contributed by atoms with Crippen LogP contribution in [0.1, 0.15) is 23.1 Å². The number of aromatic nitrogens is 3. The normalized spacial score (nSPS) is 19.6. The molecule has 0 saturated heterocycles. The monoisotopic (exact) mass is 322 g/mol. The third-order valence-corrected chi connectivity index (χ3v) is 4.51. The van der Waals surface area contributed by atoms with Crippen molar-refractivity contribution in [3.8, 4) is 11.4 Å². The van der Waals surface area contributed by atoms with Gasteiger partial charge in [0.1, 0.15) is 0 Å². The Hall–Kier alpha value is -2.57. The minimum absolute atomic E-state index is 0.0103. The van der Waals surface area contributed by atoms with Crippen LogP contribution in [0, 0.1) is 0 Å². The Balaban J connectivity index is 1.48. The Morgan fingerprint density at radius 1 is 1.25 bits per heavy atom. The van der Waals surface area contributed by atoms with Gasteiger partial charge in [0, 0.05) is 24.0 Å². The Morgan fingerprint density at radius 2 is 2.12 bits per heavy atom. The SMILES string of the molecule is CN(Cc1nc(-c2cccnc2)no1)[C@H]1Cc2ccccc2[C@@H]1O. The highest BCUT2D eigenvalue weighted by molar-refractivity contribution is 5.51. The zero-order valence-electron chi connectivity index (χ0n) is 13.3. The molecule has 1 aromatic carbocycles. The minimum Gasteiger partial charge on any atom is -0.387 e. The topological polar surface area (TPSA) is 75.3 Å². The minimum atomic E-state index is -0.494. The van der Waals surface area contributed by atoms with Crippen LogP contribution in [0.3, 0.4) is 0 Å². The van der Waals surface area contributed by atoms with Crippen LogP contribution < -0.4 is 0 Å². The molecule has 2 aromatic heterocycles. The molecule has 2 atom stereocenters. The van der Waals surface area contributed by atoms with E-state index >= 15 is 0 Å². The Kier molecular flexibility index (Phi) is 3.84. The van der Waals surface area contributed by atoms with Gasteiger partial charge in [-0.15, -0.1) is 0 Å². The summed E-state index contributed by atoms with van der Waals surface area (Å²) < 4.78 is 5.35. The Labute approximate surface area is 139 Å².